The second kappa shape index (κ2) is 8.93. The number of carbonyl (C=O) groups excluding carboxylic acids is 1. The summed E-state index contributed by atoms with van der Waals surface area (Å²) in [6.07, 6.45) is 1.53. The van der Waals surface area contributed by atoms with Crippen molar-refractivity contribution in [3.05, 3.63) is 64.1 Å². The molecule has 3 aromatic rings. The molecule has 0 atom stereocenters. The molecule has 29 heavy (non-hydrogen) atoms. The Morgan fingerprint density at radius 1 is 1.17 bits per heavy atom. The molecule has 0 aliphatic carbocycles. The van der Waals surface area contributed by atoms with E-state index in [1.54, 1.807) is 23.6 Å². The molecule has 7 nitrogen and oxygen atoms in total. The van der Waals surface area contributed by atoms with E-state index < -0.39 is 10.0 Å². The number of halogens is 1. The van der Waals surface area contributed by atoms with Crippen molar-refractivity contribution in [1.82, 2.24) is 4.98 Å². The molecule has 2 N–H and O–H groups in total. The highest BCUT2D eigenvalue weighted by molar-refractivity contribution is 9.10. The summed E-state index contributed by atoms with van der Waals surface area (Å²) in [5.74, 6) is 0.331. The average Bonchev–Trinajstić information content (AvgIpc) is 3.15. The number of ether oxygens (including phenoxy) is 1. The Morgan fingerprint density at radius 2 is 1.90 bits per heavy atom. The van der Waals surface area contributed by atoms with Gasteiger partial charge in [-0.3, -0.25) is 9.52 Å². The van der Waals surface area contributed by atoms with E-state index in [-0.39, 0.29) is 22.0 Å². The van der Waals surface area contributed by atoms with Crippen LogP contribution in [0.3, 0.4) is 0 Å². The number of hydrogen-bond acceptors (Lipinski definition) is 6. The number of nitrogens with zero attached hydrogens (tertiary/aromatic N) is 1. The number of anilines is 2. The van der Waals surface area contributed by atoms with Gasteiger partial charge in [0.2, 0.25) is 0 Å². The van der Waals surface area contributed by atoms with E-state index in [0.717, 1.165) is 0 Å². The predicted octanol–water partition coefficient (Wildman–Crippen LogP) is 4.75. The molecular formula is C19H18BrN3O4S2. The van der Waals surface area contributed by atoms with Crippen LogP contribution in [0.4, 0.5) is 10.8 Å². The van der Waals surface area contributed by atoms with Gasteiger partial charge in [-0.1, -0.05) is 0 Å². The van der Waals surface area contributed by atoms with E-state index in [0.29, 0.717) is 21.5 Å². The summed E-state index contributed by atoms with van der Waals surface area (Å²) in [7, 11) is -3.74. The summed E-state index contributed by atoms with van der Waals surface area (Å²) in [6.45, 7) is 3.84. The van der Waals surface area contributed by atoms with Crippen molar-refractivity contribution in [1.29, 1.82) is 0 Å². The summed E-state index contributed by atoms with van der Waals surface area (Å²) in [6, 6.07) is 10.9. The van der Waals surface area contributed by atoms with Gasteiger partial charge in [0.25, 0.3) is 15.9 Å². The predicted molar refractivity (Wildman–Crippen MR) is 117 cm³/mol. The number of benzene rings is 2. The molecule has 0 saturated carbocycles. The lowest BCUT2D eigenvalue weighted by Crippen LogP contribution is -2.14. The zero-order valence-corrected chi connectivity index (χ0v) is 18.8. The van der Waals surface area contributed by atoms with Gasteiger partial charge in [-0.2, -0.15) is 0 Å². The van der Waals surface area contributed by atoms with Crippen LogP contribution in [0.1, 0.15) is 24.2 Å². The normalized spacial score (nSPS) is 11.3. The number of carbonyl (C=O) groups is 1. The maximum Gasteiger partial charge on any atom is 0.263 e. The Bertz CT molecular complexity index is 1100. The first-order valence-corrected chi connectivity index (χ1v) is 11.7. The van der Waals surface area contributed by atoms with Crippen LogP contribution in [0.2, 0.25) is 0 Å². The minimum Gasteiger partial charge on any atom is -0.490 e. The number of amides is 1. The van der Waals surface area contributed by atoms with Gasteiger partial charge in [0, 0.05) is 22.8 Å². The van der Waals surface area contributed by atoms with Gasteiger partial charge < -0.3 is 10.1 Å². The molecule has 10 heteroatoms. The topological polar surface area (TPSA) is 97.4 Å². The van der Waals surface area contributed by atoms with Gasteiger partial charge in [0.1, 0.15) is 5.75 Å². The van der Waals surface area contributed by atoms with Crippen LogP contribution in [0.25, 0.3) is 0 Å². The molecule has 0 spiro atoms. The second-order valence-corrected chi connectivity index (χ2v) is 9.66. The van der Waals surface area contributed by atoms with Gasteiger partial charge in [0.05, 0.1) is 15.5 Å². The van der Waals surface area contributed by atoms with Crippen molar-refractivity contribution in [3.63, 3.8) is 0 Å². The van der Waals surface area contributed by atoms with Crippen LogP contribution in [-0.4, -0.2) is 25.4 Å². The Kier molecular flexibility index (Phi) is 6.56. The number of rotatable bonds is 7. The van der Waals surface area contributed by atoms with Gasteiger partial charge >= 0.3 is 0 Å². The molecule has 0 bridgehead atoms. The zero-order valence-electron chi connectivity index (χ0n) is 15.5. The van der Waals surface area contributed by atoms with Crippen molar-refractivity contribution in [2.45, 2.75) is 24.8 Å². The van der Waals surface area contributed by atoms with Gasteiger partial charge in [-0.15, -0.1) is 11.3 Å². The van der Waals surface area contributed by atoms with Crippen LogP contribution in [-0.2, 0) is 10.0 Å². The Balaban J connectivity index is 1.69. The van der Waals surface area contributed by atoms with E-state index in [4.69, 9.17) is 4.74 Å². The number of nitrogens with one attached hydrogen (secondary N) is 2. The third-order valence-corrected chi connectivity index (χ3v) is 6.43. The number of thiazole rings is 1. The first kappa shape index (κ1) is 21.3. The molecule has 0 fully saturated rings. The third-order valence-electron chi connectivity index (χ3n) is 3.63. The summed E-state index contributed by atoms with van der Waals surface area (Å²) < 4.78 is 33.4. The highest BCUT2D eigenvalue weighted by atomic mass is 79.9. The molecule has 1 heterocycles. The highest BCUT2D eigenvalue weighted by Gasteiger charge is 2.16. The summed E-state index contributed by atoms with van der Waals surface area (Å²) in [4.78, 5) is 16.5. The summed E-state index contributed by atoms with van der Waals surface area (Å²) in [5.41, 5.74) is 0.914. The molecule has 0 radical (unpaired) electrons. The number of hydrogen-bond donors (Lipinski definition) is 2. The Hall–Kier alpha value is -2.43. The van der Waals surface area contributed by atoms with Crippen LogP contribution in [0.5, 0.6) is 5.75 Å². The smallest absolute Gasteiger partial charge is 0.263 e. The summed E-state index contributed by atoms with van der Waals surface area (Å²) >= 11 is 4.59. The molecule has 0 aliphatic rings. The lowest BCUT2D eigenvalue weighted by molar-refractivity contribution is 0.102. The van der Waals surface area contributed by atoms with Gasteiger partial charge in [-0.05, 0) is 72.2 Å². The number of sulfonamides is 1. The van der Waals surface area contributed by atoms with Crippen molar-refractivity contribution in [3.8, 4) is 5.75 Å². The molecule has 0 aliphatic heterocycles. The fourth-order valence-electron chi connectivity index (χ4n) is 2.36. The monoisotopic (exact) mass is 495 g/mol. The standard InChI is InChI=1S/C19H18BrN3O4S2/c1-12(2)27-17-8-3-13(11-16(17)20)18(24)22-14-4-6-15(7-5-14)29(25,26)23-19-21-9-10-28-19/h3-12H,1-2H3,(H,21,23)(H,22,24). The minimum absolute atomic E-state index is 0.0193. The lowest BCUT2D eigenvalue weighted by Gasteiger charge is -2.12. The molecule has 0 saturated heterocycles. The molecule has 2 aromatic carbocycles. The van der Waals surface area contributed by atoms with Crippen molar-refractivity contribution >= 4 is 54.0 Å². The molecule has 0 unspecified atom stereocenters. The van der Waals surface area contributed by atoms with E-state index in [9.17, 15) is 13.2 Å². The van der Waals surface area contributed by atoms with Crippen LogP contribution >= 0.6 is 27.3 Å². The van der Waals surface area contributed by atoms with E-state index in [1.807, 2.05) is 13.8 Å². The average molecular weight is 496 g/mol. The van der Waals surface area contributed by atoms with Crippen LogP contribution < -0.4 is 14.8 Å². The zero-order chi connectivity index (χ0) is 21.0. The van der Waals surface area contributed by atoms with E-state index in [2.05, 4.69) is 31.0 Å². The SMILES string of the molecule is CC(C)Oc1ccc(C(=O)Nc2ccc(S(=O)(=O)Nc3nccs3)cc2)cc1Br. The molecule has 152 valence electrons. The van der Waals surface area contributed by atoms with E-state index in [1.165, 1.54) is 41.8 Å². The van der Waals surface area contributed by atoms with Crippen LogP contribution in [0, 0.1) is 0 Å². The Morgan fingerprint density at radius 3 is 2.48 bits per heavy atom. The quantitative estimate of drug-likeness (QED) is 0.492. The molecule has 1 aromatic heterocycles. The second-order valence-electron chi connectivity index (χ2n) is 6.23. The Labute approximate surface area is 181 Å². The minimum atomic E-state index is -3.74. The molecule has 1 amide bonds. The fraction of sp³-hybridized carbons (Fsp3) is 0.158. The maximum absolute atomic E-state index is 12.5. The maximum atomic E-state index is 12.5. The van der Waals surface area contributed by atoms with Gasteiger partial charge in [0.15, 0.2) is 5.13 Å². The van der Waals surface area contributed by atoms with Crippen molar-refractivity contribution < 1.29 is 17.9 Å². The van der Waals surface area contributed by atoms with Gasteiger partial charge in [-0.25, -0.2) is 13.4 Å². The highest BCUT2D eigenvalue weighted by Crippen LogP contribution is 2.27. The lowest BCUT2D eigenvalue weighted by atomic mass is 10.2. The largest absolute Gasteiger partial charge is 0.490 e. The molecular weight excluding hydrogens is 478 g/mol. The van der Waals surface area contributed by atoms with E-state index >= 15 is 0 Å². The first-order valence-electron chi connectivity index (χ1n) is 8.54. The van der Waals surface area contributed by atoms with Crippen molar-refractivity contribution in [2.75, 3.05) is 10.0 Å². The third kappa shape index (κ3) is 5.55. The molecule has 3 rings (SSSR count). The first-order chi connectivity index (χ1) is 13.7. The van der Waals surface area contributed by atoms with Crippen molar-refractivity contribution in [2.24, 2.45) is 0 Å². The summed E-state index contributed by atoms with van der Waals surface area (Å²) in [5, 5.41) is 4.71. The number of aromatic nitrogens is 1. The fourth-order valence-corrected chi connectivity index (χ4v) is 4.62. The van der Waals surface area contributed by atoms with Crippen LogP contribution in [0.15, 0.2) is 63.4 Å².